The van der Waals surface area contributed by atoms with Gasteiger partial charge in [-0.3, -0.25) is 0 Å². The molecule has 0 aliphatic rings. The van der Waals surface area contributed by atoms with Crippen molar-refractivity contribution in [2.24, 2.45) is 0 Å². The maximum absolute atomic E-state index is 13.1. The number of hydrogen-bond donors (Lipinski definition) is 0. The molecule has 0 spiro atoms. The van der Waals surface area contributed by atoms with Gasteiger partial charge in [-0.05, 0) is 24.3 Å². The van der Waals surface area contributed by atoms with Gasteiger partial charge in [-0.25, -0.2) is 14.4 Å². The molecule has 0 atom stereocenters. The predicted octanol–water partition coefficient (Wildman–Crippen LogP) is 6.90. The lowest BCUT2D eigenvalue weighted by atomic mass is 10.00. The van der Waals surface area contributed by atoms with Crippen LogP contribution in [0.1, 0.15) is 43.0 Å². The minimum Gasteiger partial charge on any atom is -0.356 e. The van der Waals surface area contributed by atoms with Gasteiger partial charge < -0.3 is 9.47 Å². The van der Waals surface area contributed by atoms with Crippen molar-refractivity contribution in [2.45, 2.75) is 24.7 Å². The van der Waals surface area contributed by atoms with Crippen molar-refractivity contribution in [1.29, 1.82) is 0 Å². The van der Waals surface area contributed by atoms with E-state index in [0.29, 0.717) is 0 Å². The summed E-state index contributed by atoms with van der Waals surface area (Å²) in [4.78, 5) is 35.6. The Hall–Kier alpha value is -3.79. The normalized spacial score (nSPS) is 12.8. The lowest BCUT2D eigenvalue weighted by molar-refractivity contribution is -0.145. The summed E-state index contributed by atoms with van der Waals surface area (Å²) in [6.45, 7) is 0. The fourth-order valence-corrected chi connectivity index (χ4v) is 2.76. The molecule has 17 heteroatoms. The van der Waals surface area contributed by atoms with Gasteiger partial charge in [0.2, 0.25) is 0 Å². The van der Waals surface area contributed by atoms with E-state index >= 15 is 0 Å². The second-order valence-electron chi connectivity index (χ2n) is 6.48. The first-order valence-electron chi connectivity index (χ1n) is 8.68. The molecule has 2 aromatic carbocycles. The zero-order chi connectivity index (χ0) is 27.9. The summed E-state index contributed by atoms with van der Waals surface area (Å²) in [5.74, 6) is -5.43. The Morgan fingerprint density at radius 2 is 0.694 bits per heavy atom. The van der Waals surface area contributed by atoms with Crippen LogP contribution in [-0.2, 0) is 34.2 Å². The van der Waals surface area contributed by atoms with Crippen LogP contribution >= 0.6 is 0 Å². The van der Waals surface area contributed by atoms with E-state index in [9.17, 15) is 67.1 Å². The third-order valence-electron chi connectivity index (χ3n) is 4.11. The molecule has 0 radical (unpaired) electrons. The molecule has 2 rings (SSSR count). The highest BCUT2D eigenvalue weighted by molar-refractivity contribution is 6.03. The zero-order valence-electron chi connectivity index (χ0n) is 16.5. The van der Waals surface area contributed by atoms with E-state index in [2.05, 4.69) is 9.47 Å². The van der Waals surface area contributed by atoms with Crippen LogP contribution < -0.4 is 0 Å². The molecule has 0 heterocycles. The van der Waals surface area contributed by atoms with Crippen molar-refractivity contribution in [3.8, 4) is 0 Å². The molecule has 0 N–H and O–H groups in total. The zero-order valence-corrected chi connectivity index (χ0v) is 16.5. The van der Waals surface area contributed by atoms with E-state index in [1.807, 2.05) is 0 Å². The predicted molar refractivity (Wildman–Crippen MR) is 89.1 cm³/mol. The Bertz CT molecular complexity index is 1030. The summed E-state index contributed by atoms with van der Waals surface area (Å²) in [6.07, 6.45) is -25.3. The summed E-state index contributed by atoms with van der Waals surface area (Å²) in [7, 11) is 0. The summed E-state index contributed by atoms with van der Waals surface area (Å²) in [6, 6.07) is 0.429. The van der Waals surface area contributed by atoms with E-state index in [0.717, 1.165) is 0 Å². The molecule has 0 aliphatic heterocycles. The number of carbonyl (C=O) groups excluding carboxylic acids is 3. The standard InChI is InChI=1S/C19H6F12O5/c20-16(21,22)7-3-1-4-8(17(23,24)25)11(7)13(32)35-15(34)36-14(33)12-9(18(26,27)28)5-2-6-10(12)19(29,30)31/h1-6H. The molecular weight excluding hydrogens is 536 g/mol. The van der Waals surface area contributed by atoms with E-state index < -0.39 is 76.2 Å². The summed E-state index contributed by atoms with van der Waals surface area (Å²) in [5, 5.41) is 0. The van der Waals surface area contributed by atoms with Gasteiger partial charge in [0.25, 0.3) is 0 Å². The molecule has 0 saturated heterocycles. The topological polar surface area (TPSA) is 69.7 Å². The molecule has 0 amide bonds. The SMILES string of the molecule is O=C(OC(=O)c1c(C(F)(F)F)cccc1C(F)(F)F)OC(=O)c1c(C(F)(F)F)cccc1C(F)(F)F. The smallest absolute Gasteiger partial charge is 0.356 e. The summed E-state index contributed by atoms with van der Waals surface area (Å²) < 4.78 is 164. The third-order valence-corrected chi connectivity index (χ3v) is 4.11. The minimum atomic E-state index is -5.62. The average molecular weight is 542 g/mol. The van der Waals surface area contributed by atoms with Crippen LogP contribution in [0.15, 0.2) is 36.4 Å². The lowest BCUT2D eigenvalue weighted by Crippen LogP contribution is -2.26. The van der Waals surface area contributed by atoms with Crippen LogP contribution in [0.5, 0.6) is 0 Å². The van der Waals surface area contributed by atoms with Crippen molar-refractivity contribution < 1.29 is 76.5 Å². The highest BCUT2D eigenvalue weighted by atomic mass is 19.4. The van der Waals surface area contributed by atoms with Gasteiger partial charge in [-0.2, -0.15) is 52.7 Å². The molecule has 2 aromatic rings. The van der Waals surface area contributed by atoms with Crippen molar-refractivity contribution >= 4 is 18.1 Å². The molecule has 5 nitrogen and oxygen atoms in total. The number of alkyl halides is 12. The first-order chi connectivity index (χ1) is 16.2. The van der Waals surface area contributed by atoms with Crippen molar-refractivity contribution in [1.82, 2.24) is 0 Å². The van der Waals surface area contributed by atoms with E-state index in [-0.39, 0.29) is 36.4 Å². The Kier molecular flexibility index (Phi) is 7.38. The van der Waals surface area contributed by atoms with Gasteiger partial charge in [0.1, 0.15) is 0 Å². The molecule has 0 aromatic heterocycles. The Morgan fingerprint density at radius 1 is 0.472 bits per heavy atom. The molecule has 36 heavy (non-hydrogen) atoms. The number of hydrogen-bond acceptors (Lipinski definition) is 5. The van der Waals surface area contributed by atoms with Crippen LogP contribution in [0, 0.1) is 0 Å². The van der Waals surface area contributed by atoms with E-state index in [1.54, 1.807) is 0 Å². The Balaban J connectivity index is 2.47. The maximum atomic E-state index is 13.1. The number of benzene rings is 2. The number of ether oxygens (including phenoxy) is 2. The average Bonchev–Trinajstić information content (AvgIpc) is 2.69. The number of rotatable bonds is 2. The van der Waals surface area contributed by atoms with Gasteiger partial charge in [0.15, 0.2) is 0 Å². The molecule has 0 unspecified atom stereocenters. The van der Waals surface area contributed by atoms with Crippen LogP contribution in [0.25, 0.3) is 0 Å². The first-order valence-corrected chi connectivity index (χ1v) is 8.68. The van der Waals surface area contributed by atoms with Crippen molar-refractivity contribution in [3.63, 3.8) is 0 Å². The van der Waals surface area contributed by atoms with Crippen LogP contribution in [0.3, 0.4) is 0 Å². The fraction of sp³-hybridized carbons (Fsp3) is 0.211. The van der Waals surface area contributed by atoms with Crippen LogP contribution in [0.4, 0.5) is 57.5 Å². The van der Waals surface area contributed by atoms with Crippen LogP contribution in [0.2, 0.25) is 0 Å². The monoisotopic (exact) mass is 542 g/mol. The van der Waals surface area contributed by atoms with E-state index in [1.165, 1.54) is 0 Å². The maximum Gasteiger partial charge on any atom is 0.524 e. The lowest BCUT2D eigenvalue weighted by Gasteiger charge is -2.18. The molecule has 0 bridgehead atoms. The quantitative estimate of drug-likeness (QED) is 0.235. The minimum absolute atomic E-state index is 0.0164. The second kappa shape index (κ2) is 9.34. The molecule has 0 saturated carbocycles. The van der Waals surface area contributed by atoms with Gasteiger partial charge in [-0.1, -0.05) is 12.1 Å². The Labute approximate surface area is 190 Å². The van der Waals surface area contributed by atoms with Gasteiger partial charge >= 0.3 is 42.8 Å². The van der Waals surface area contributed by atoms with Crippen molar-refractivity contribution in [3.05, 3.63) is 69.8 Å². The summed E-state index contributed by atoms with van der Waals surface area (Å²) >= 11 is 0. The van der Waals surface area contributed by atoms with Gasteiger partial charge in [0.05, 0.1) is 33.4 Å². The highest BCUT2D eigenvalue weighted by Crippen LogP contribution is 2.41. The largest absolute Gasteiger partial charge is 0.524 e. The highest BCUT2D eigenvalue weighted by Gasteiger charge is 2.46. The molecule has 0 aliphatic carbocycles. The second-order valence-corrected chi connectivity index (χ2v) is 6.48. The first kappa shape index (κ1) is 28.4. The van der Waals surface area contributed by atoms with Gasteiger partial charge in [-0.15, -0.1) is 0 Å². The number of esters is 2. The summed E-state index contributed by atoms with van der Waals surface area (Å²) in [5.41, 5.74) is -13.6. The van der Waals surface area contributed by atoms with Crippen molar-refractivity contribution in [2.75, 3.05) is 0 Å². The molecule has 196 valence electrons. The van der Waals surface area contributed by atoms with Crippen LogP contribution in [-0.4, -0.2) is 18.1 Å². The number of carbonyl (C=O) groups is 3. The molecule has 0 fully saturated rings. The fourth-order valence-electron chi connectivity index (χ4n) is 2.76. The third kappa shape index (κ3) is 6.25. The molecular formula is C19H6F12O5. The number of halogens is 12. The van der Waals surface area contributed by atoms with E-state index in [4.69, 9.17) is 0 Å². The van der Waals surface area contributed by atoms with Gasteiger partial charge in [0, 0.05) is 0 Å². The Morgan fingerprint density at radius 3 is 0.889 bits per heavy atom.